The molecule has 4 nitrogen and oxygen atoms in total. The van der Waals surface area contributed by atoms with Crippen molar-refractivity contribution in [1.29, 1.82) is 0 Å². The second-order valence-electron chi connectivity index (χ2n) is 3.95. The Morgan fingerprint density at radius 3 is 2.94 bits per heavy atom. The number of furan rings is 1. The number of fused-ring (bicyclic) bond motifs is 1. The van der Waals surface area contributed by atoms with Crippen molar-refractivity contribution in [3.8, 4) is 5.75 Å². The number of hydrogen-bond acceptors (Lipinski definition) is 4. The number of para-hydroxylation sites is 2. The number of Topliss-reactive ketones (excluding diaryl/α,β-unsaturated/α-hetero) is 1. The molecule has 0 spiro atoms. The molecule has 18 heavy (non-hydrogen) atoms. The fourth-order valence-corrected chi connectivity index (χ4v) is 2.27. The summed E-state index contributed by atoms with van der Waals surface area (Å²) in [6.45, 7) is 0.434. The highest BCUT2D eigenvalue weighted by atomic mass is 79.9. The molecule has 1 aliphatic rings. The maximum absolute atomic E-state index is 12.2. The summed E-state index contributed by atoms with van der Waals surface area (Å²) >= 11 is 3.27. The first-order valence-electron chi connectivity index (χ1n) is 5.52. The molecular formula is C13H10BrNO3. The number of ketones is 1. The van der Waals surface area contributed by atoms with Gasteiger partial charge in [0.25, 0.3) is 0 Å². The number of anilines is 1. The van der Waals surface area contributed by atoms with E-state index in [-0.39, 0.29) is 5.78 Å². The van der Waals surface area contributed by atoms with Crippen molar-refractivity contribution in [2.75, 3.05) is 11.9 Å². The number of carbonyl (C=O) groups excluding carboxylic acids is 1. The maximum atomic E-state index is 12.2. The van der Waals surface area contributed by atoms with Crippen molar-refractivity contribution >= 4 is 27.4 Å². The van der Waals surface area contributed by atoms with Gasteiger partial charge in [-0.2, -0.15) is 0 Å². The normalized spacial score (nSPS) is 17.5. The Hall–Kier alpha value is -1.75. The van der Waals surface area contributed by atoms with E-state index in [1.807, 2.05) is 24.3 Å². The van der Waals surface area contributed by atoms with Crippen molar-refractivity contribution in [2.45, 2.75) is 6.10 Å². The van der Waals surface area contributed by atoms with Gasteiger partial charge in [0.2, 0.25) is 5.78 Å². The van der Waals surface area contributed by atoms with E-state index in [0.717, 1.165) is 5.69 Å². The smallest absolute Gasteiger partial charge is 0.241 e. The van der Waals surface area contributed by atoms with Gasteiger partial charge in [-0.3, -0.25) is 4.79 Å². The van der Waals surface area contributed by atoms with E-state index >= 15 is 0 Å². The molecular weight excluding hydrogens is 298 g/mol. The van der Waals surface area contributed by atoms with Gasteiger partial charge in [0, 0.05) is 0 Å². The van der Waals surface area contributed by atoms with Crippen molar-refractivity contribution in [2.24, 2.45) is 0 Å². The summed E-state index contributed by atoms with van der Waals surface area (Å²) in [6, 6.07) is 9.23. The lowest BCUT2D eigenvalue weighted by atomic mass is 10.1. The Balaban J connectivity index is 1.84. The fraction of sp³-hybridized carbons (Fsp3) is 0.154. The zero-order chi connectivity index (χ0) is 12.5. The summed E-state index contributed by atoms with van der Waals surface area (Å²) in [4.78, 5) is 12.2. The number of hydrogen-bond donors (Lipinski definition) is 1. The molecule has 92 valence electrons. The Morgan fingerprint density at radius 1 is 1.33 bits per heavy atom. The van der Waals surface area contributed by atoms with Gasteiger partial charge in [0.1, 0.15) is 5.75 Å². The van der Waals surface area contributed by atoms with Gasteiger partial charge in [0.05, 0.1) is 23.0 Å². The van der Waals surface area contributed by atoms with Gasteiger partial charge in [-0.1, -0.05) is 12.1 Å². The van der Waals surface area contributed by atoms with Crippen molar-refractivity contribution in [1.82, 2.24) is 0 Å². The number of nitrogens with one attached hydrogen (secondary N) is 1. The van der Waals surface area contributed by atoms with Gasteiger partial charge in [0.15, 0.2) is 11.9 Å². The molecule has 1 unspecified atom stereocenters. The van der Waals surface area contributed by atoms with Gasteiger partial charge < -0.3 is 14.5 Å². The number of carbonyl (C=O) groups is 1. The standard InChI is InChI=1S/C13H10BrNO3/c14-8-5-6-17-13(8)12(16)11-7-15-9-3-1-2-4-10(9)18-11/h1-6,11,15H,7H2. The molecule has 3 rings (SSSR count). The third kappa shape index (κ3) is 1.90. The van der Waals surface area contributed by atoms with E-state index < -0.39 is 6.10 Å². The minimum Gasteiger partial charge on any atom is -0.478 e. The Labute approximate surface area is 112 Å². The highest BCUT2D eigenvalue weighted by Crippen LogP contribution is 2.30. The summed E-state index contributed by atoms with van der Waals surface area (Å²) < 4.78 is 11.5. The van der Waals surface area contributed by atoms with Crippen molar-refractivity contribution < 1.29 is 13.9 Å². The largest absolute Gasteiger partial charge is 0.478 e. The highest BCUT2D eigenvalue weighted by Gasteiger charge is 2.29. The summed E-state index contributed by atoms with van der Waals surface area (Å²) in [5, 5.41) is 3.17. The summed E-state index contributed by atoms with van der Waals surface area (Å²) in [5.74, 6) is 0.805. The van der Waals surface area contributed by atoms with Crippen molar-refractivity contribution in [3.05, 3.63) is 46.8 Å². The number of rotatable bonds is 2. The van der Waals surface area contributed by atoms with E-state index in [2.05, 4.69) is 21.2 Å². The van der Waals surface area contributed by atoms with E-state index in [4.69, 9.17) is 9.15 Å². The van der Waals surface area contributed by atoms with Crippen LogP contribution in [0.5, 0.6) is 5.75 Å². The predicted molar refractivity (Wildman–Crippen MR) is 70.1 cm³/mol. The monoisotopic (exact) mass is 307 g/mol. The van der Waals surface area contributed by atoms with Crippen LogP contribution < -0.4 is 10.1 Å². The third-order valence-corrected chi connectivity index (χ3v) is 3.39. The molecule has 1 aromatic carbocycles. The predicted octanol–water partition coefficient (Wildman–Crippen LogP) is 3.10. The first-order valence-corrected chi connectivity index (χ1v) is 6.32. The number of benzene rings is 1. The topological polar surface area (TPSA) is 51.5 Å². The lowest BCUT2D eigenvalue weighted by Crippen LogP contribution is -2.37. The quantitative estimate of drug-likeness (QED) is 0.866. The molecule has 0 aliphatic carbocycles. The molecule has 5 heteroatoms. The molecule has 1 atom stereocenters. The van der Waals surface area contributed by atoms with Gasteiger partial charge >= 0.3 is 0 Å². The Morgan fingerprint density at radius 2 is 2.17 bits per heavy atom. The minimum atomic E-state index is -0.567. The van der Waals surface area contributed by atoms with E-state index in [9.17, 15) is 4.79 Å². The first kappa shape index (κ1) is 11.3. The number of ether oxygens (including phenoxy) is 1. The summed E-state index contributed by atoms with van der Waals surface area (Å²) in [7, 11) is 0. The van der Waals surface area contributed by atoms with Gasteiger partial charge in [-0.15, -0.1) is 0 Å². The van der Waals surface area contributed by atoms with Gasteiger partial charge in [-0.25, -0.2) is 0 Å². The second-order valence-corrected chi connectivity index (χ2v) is 4.80. The van der Waals surface area contributed by atoms with Crippen LogP contribution in [0.1, 0.15) is 10.6 Å². The third-order valence-electron chi connectivity index (χ3n) is 2.77. The fourth-order valence-electron chi connectivity index (χ4n) is 1.88. The van der Waals surface area contributed by atoms with Crippen LogP contribution in [0.2, 0.25) is 0 Å². The van der Waals surface area contributed by atoms with Crippen LogP contribution in [0.3, 0.4) is 0 Å². The van der Waals surface area contributed by atoms with E-state index in [1.165, 1.54) is 6.26 Å². The molecule has 1 aliphatic heterocycles. The minimum absolute atomic E-state index is 0.172. The summed E-state index contributed by atoms with van der Waals surface area (Å²) in [6.07, 6.45) is 0.906. The molecule has 0 saturated heterocycles. The SMILES string of the molecule is O=C(c1occc1Br)C1CNc2ccccc2O1. The average molecular weight is 308 g/mol. The first-order chi connectivity index (χ1) is 8.75. The van der Waals surface area contributed by atoms with Crippen LogP contribution >= 0.6 is 15.9 Å². The van der Waals surface area contributed by atoms with E-state index in [1.54, 1.807) is 6.07 Å². The maximum Gasteiger partial charge on any atom is 0.241 e. The van der Waals surface area contributed by atoms with Crippen LogP contribution in [-0.4, -0.2) is 18.4 Å². The molecule has 0 bridgehead atoms. The number of halogens is 1. The zero-order valence-corrected chi connectivity index (χ0v) is 10.9. The molecule has 1 N–H and O–H groups in total. The van der Waals surface area contributed by atoms with Crippen LogP contribution in [0.4, 0.5) is 5.69 Å². The lowest BCUT2D eigenvalue weighted by Gasteiger charge is -2.25. The summed E-state index contributed by atoms with van der Waals surface area (Å²) in [5.41, 5.74) is 0.903. The van der Waals surface area contributed by atoms with Crippen LogP contribution in [-0.2, 0) is 0 Å². The molecule has 2 heterocycles. The second kappa shape index (κ2) is 4.49. The van der Waals surface area contributed by atoms with Gasteiger partial charge in [-0.05, 0) is 34.1 Å². The zero-order valence-electron chi connectivity index (χ0n) is 9.35. The average Bonchev–Trinajstić information content (AvgIpc) is 2.83. The molecule has 0 amide bonds. The molecule has 0 saturated carbocycles. The van der Waals surface area contributed by atoms with E-state index in [0.29, 0.717) is 22.5 Å². The lowest BCUT2D eigenvalue weighted by molar-refractivity contribution is 0.0771. The molecule has 0 fully saturated rings. The highest BCUT2D eigenvalue weighted by molar-refractivity contribution is 9.10. The van der Waals surface area contributed by atoms with Crippen LogP contribution in [0.25, 0.3) is 0 Å². The molecule has 0 radical (unpaired) electrons. The van der Waals surface area contributed by atoms with Crippen LogP contribution in [0.15, 0.2) is 45.5 Å². The molecule has 1 aromatic heterocycles. The van der Waals surface area contributed by atoms with Crippen molar-refractivity contribution in [3.63, 3.8) is 0 Å². The van der Waals surface area contributed by atoms with Crippen LogP contribution in [0, 0.1) is 0 Å². The Bertz CT molecular complexity index is 593. The Kier molecular flexibility index (Phi) is 2.83. The molecule has 2 aromatic rings.